The second-order valence-electron chi connectivity index (χ2n) is 8.84. The van der Waals surface area contributed by atoms with Gasteiger partial charge >= 0.3 is 0 Å². The summed E-state index contributed by atoms with van der Waals surface area (Å²) in [4.78, 5) is 11.1. The van der Waals surface area contributed by atoms with Gasteiger partial charge in [0.2, 0.25) is 0 Å². The fraction of sp³-hybridized carbons (Fsp3) is 0.842. The number of allylic oxidation sites excluding steroid dienone is 2. The second-order valence-corrected chi connectivity index (χ2v) is 13.6. The van der Waals surface area contributed by atoms with E-state index in [9.17, 15) is 4.79 Å². The highest BCUT2D eigenvalue weighted by Gasteiger charge is 2.40. The van der Waals surface area contributed by atoms with Gasteiger partial charge in [0.05, 0.1) is 0 Å². The molecule has 3 atom stereocenters. The summed E-state index contributed by atoms with van der Waals surface area (Å²) < 4.78 is 6.53. The Labute approximate surface area is 138 Å². The van der Waals surface area contributed by atoms with E-state index in [2.05, 4.69) is 60.7 Å². The number of aldehydes is 1. The van der Waals surface area contributed by atoms with Crippen LogP contribution in [0.1, 0.15) is 54.4 Å². The van der Waals surface area contributed by atoms with E-state index in [1.54, 1.807) is 0 Å². The van der Waals surface area contributed by atoms with Crippen molar-refractivity contribution in [1.29, 1.82) is 0 Å². The molecule has 2 nitrogen and oxygen atoms in total. The van der Waals surface area contributed by atoms with Crippen LogP contribution >= 0.6 is 0 Å². The van der Waals surface area contributed by atoms with Crippen LogP contribution in [0.2, 0.25) is 18.1 Å². The minimum Gasteiger partial charge on any atom is -0.417 e. The van der Waals surface area contributed by atoms with Gasteiger partial charge in [-0.05, 0) is 55.1 Å². The molecule has 1 rings (SSSR count). The Kier molecular flexibility index (Phi) is 6.64. The molecule has 0 aliphatic heterocycles. The summed E-state index contributed by atoms with van der Waals surface area (Å²) in [5, 5.41) is 0.236. The first-order valence-corrected chi connectivity index (χ1v) is 11.7. The molecule has 0 aromatic carbocycles. The molecule has 22 heavy (non-hydrogen) atoms. The molecular formula is C19H36O2Si. The third-order valence-electron chi connectivity index (χ3n) is 6.01. The predicted molar refractivity (Wildman–Crippen MR) is 97.5 cm³/mol. The van der Waals surface area contributed by atoms with E-state index in [1.807, 2.05) is 0 Å². The number of carbonyl (C=O) groups excluding carboxylic acids is 1. The van der Waals surface area contributed by atoms with Crippen molar-refractivity contribution >= 4 is 14.6 Å². The molecule has 0 amide bonds. The first-order valence-electron chi connectivity index (χ1n) is 8.75. The van der Waals surface area contributed by atoms with Crippen LogP contribution in [0.3, 0.4) is 0 Å². The summed E-state index contributed by atoms with van der Waals surface area (Å²) in [7, 11) is -1.74. The van der Waals surface area contributed by atoms with Gasteiger partial charge in [-0.15, -0.1) is 0 Å². The monoisotopic (exact) mass is 324 g/mol. The Morgan fingerprint density at radius 3 is 2.41 bits per heavy atom. The summed E-state index contributed by atoms with van der Waals surface area (Å²) in [6.45, 7) is 19.1. The molecule has 128 valence electrons. The molecule has 0 saturated heterocycles. The van der Waals surface area contributed by atoms with Gasteiger partial charge in [-0.25, -0.2) is 0 Å². The first kappa shape index (κ1) is 19.6. The van der Waals surface area contributed by atoms with Gasteiger partial charge in [0.25, 0.3) is 0 Å². The van der Waals surface area contributed by atoms with Gasteiger partial charge in [-0.1, -0.05) is 46.3 Å². The van der Waals surface area contributed by atoms with E-state index < -0.39 is 8.32 Å². The maximum atomic E-state index is 11.1. The van der Waals surface area contributed by atoms with Crippen LogP contribution in [0.4, 0.5) is 0 Å². The van der Waals surface area contributed by atoms with Gasteiger partial charge < -0.3 is 9.22 Å². The van der Waals surface area contributed by atoms with Crippen LogP contribution in [-0.2, 0) is 9.22 Å². The average Bonchev–Trinajstić information content (AvgIpc) is 2.37. The lowest BCUT2D eigenvalue weighted by Crippen LogP contribution is -2.44. The van der Waals surface area contributed by atoms with Gasteiger partial charge in [0.15, 0.2) is 8.32 Å². The molecule has 0 aromatic rings. The standard InChI is InChI=1S/C19H36O2Si/c1-14(2)16-10-9-15(3)17(11-12-20)18(16)13-21-22(7,8)19(4,5)6/h9,12,14,16-18H,10-11,13H2,1-8H3/t16-,17+,18-/m1/s1. The third-order valence-corrected chi connectivity index (χ3v) is 10.5. The van der Waals surface area contributed by atoms with Gasteiger partial charge in [0.1, 0.15) is 6.29 Å². The molecule has 0 unspecified atom stereocenters. The number of hydrogen-bond donors (Lipinski definition) is 0. The minimum absolute atomic E-state index is 0.236. The van der Waals surface area contributed by atoms with Crippen LogP contribution in [0.5, 0.6) is 0 Å². The van der Waals surface area contributed by atoms with Crippen molar-refractivity contribution in [2.45, 2.75) is 72.5 Å². The highest BCUT2D eigenvalue weighted by molar-refractivity contribution is 6.74. The highest BCUT2D eigenvalue weighted by atomic mass is 28.4. The number of hydrogen-bond acceptors (Lipinski definition) is 2. The second kappa shape index (κ2) is 7.44. The van der Waals surface area contributed by atoms with E-state index in [0.29, 0.717) is 30.1 Å². The maximum absolute atomic E-state index is 11.1. The Bertz CT molecular complexity index is 404. The van der Waals surface area contributed by atoms with Gasteiger partial charge in [-0.2, -0.15) is 0 Å². The van der Waals surface area contributed by atoms with E-state index in [4.69, 9.17) is 4.43 Å². The smallest absolute Gasteiger partial charge is 0.191 e. The molecule has 0 spiro atoms. The molecule has 1 aliphatic rings. The van der Waals surface area contributed by atoms with Crippen molar-refractivity contribution in [2.75, 3.05) is 6.61 Å². The zero-order valence-corrected chi connectivity index (χ0v) is 16.9. The molecule has 0 saturated carbocycles. The third kappa shape index (κ3) is 4.54. The Balaban J connectivity index is 2.93. The summed E-state index contributed by atoms with van der Waals surface area (Å²) in [5.41, 5.74) is 1.38. The number of rotatable bonds is 6. The maximum Gasteiger partial charge on any atom is 0.191 e. The summed E-state index contributed by atoms with van der Waals surface area (Å²) in [5.74, 6) is 2.10. The molecule has 0 fully saturated rings. The van der Waals surface area contributed by atoms with Gasteiger partial charge in [-0.3, -0.25) is 0 Å². The quantitative estimate of drug-likeness (QED) is 0.369. The van der Waals surface area contributed by atoms with E-state index in [-0.39, 0.29) is 5.04 Å². The summed E-state index contributed by atoms with van der Waals surface area (Å²) in [6, 6.07) is 0. The minimum atomic E-state index is -1.74. The molecule has 0 radical (unpaired) electrons. The zero-order valence-electron chi connectivity index (χ0n) is 15.9. The molecule has 0 bridgehead atoms. The molecule has 0 heterocycles. The van der Waals surface area contributed by atoms with Crippen molar-refractivity contribution in [3.05, 3.63) is 11.6 Å². The lowest BCUT2D eigenvalue weighted by atomic mass is 9.68. The van der Waals surface area contributed by atoms with Crippen molar-refractivity contribution < 1.29 is 9.22 Å². The van der Waals surface area contributed by atoms with Crippen LogP contribution in [0, 0.1) is 23.7 Å². The van der Waals surface area contributed by atoms with Crippen molar-refractivity contribution in [1.82, 2.24) is 0 Å². The molecule has 1 aliphatic carbocycles. The van der Waals surface area contributed by atoms with Crippen LogP contribution < -0.4 is 0 Å². The highest BCUT2D eigenvalue weighted by Crippen LogP contribution is 2.42. The first-order chi connectivity index (χ1) is 10.0. The molecule has 3 heteroatoms. The van der Waals surface area contributed by atoms with E-state index in [1.165, 1.54) is 5.57 Å². The number of carbonyl (C=O) groups is 1. The van der Waals surface area contributed by atoms with Crippen molar-refractivity contribution in [3.63, 3.8) is 0 Å². The fourth-order valence-electron chi connectivity index (χ4n) is 3.28. The summed E-state index contributed by atoms with van der Waals surface area (Å²) >= 11 is 0. The van der Waals surface area contributed by atoms with Gasteiger partial charge in [0, 0.05) is 13.0 Å². The lowest BCUT2D eigenvalue weighted by Gasteiger charge is -2.43. The average molecular weight is 325 g/mol. The van der Waals surface area contributed by atoms with E-state index in [0.717, 1.165) is 19.3 Å². The van der Waals surface area contributed by atoms with Crippen molar-refractivity contribution in [3.8, 4) is 0 Å². The van der Waals surface area contributed by atoms with Crippen LogP contribution in [-0.4, -0.2) is 21.2 Å². The van der Waals surface area contributed by atoms with Crippen LogP contribution in [0.25, 0.3) is 0 Å². The Morgan fingerprint density at radius 2 is 1.95 bits per heavy atom. The lowest BCUT2D eigenvalue weighted by molar-refractivity contribution is -0.109. The Hall–Kier alpha value is -0.413. The van der Waals surface area contributed by atoms with Crippen molar-refractivity contribution in [2.24, 2.45) is 23.7 Å². The molecule has 0 N–H and O–H groups in total. The summed E-state index contributed by atoms with van der Waals surface area (Å²) in [6.07, 6.45) is 5.20. The van der Waals surface area contributed by atoms with Crippen LogP contribution in [0.15, 0.2) is 11.6 Å². The zero-order chi connectivity index (χ0) is 17.1. The molecular weight excluding hydrogens is 288 g/mol. The molecule has 0 aromatic heterocycles. The SMILES string of the molecule is CC1=CC[C@H](C(C)C)[C@@H](CO[Si](C)(C)C(C)(C)C)[C@H]1CC=O. The topological polar surface area (TPSA) is 26.3 Å². The Morgan fingerprint density at radius 1 is 1.36 bits per heavy atom. The predicted octanol–water partition coefficient (Wildman–Crippen LogP) is 5.45. The van der Waals surface area contributed by atoms with E-state index >= 15 is 0 Å². The fourth-order valence-corrected chi connectivity index (χ4v) is 4.32. The largest absolute Gasteiger partial charge is 0.417 e. The normalized spacial score (nSPS) is 27.0.